The van der Waals surface area contributed by atoms with E-state index < -0.39 is 0 Å². The lowest BCUT2D eigenvalue weighted by Crippen LogP contribution is -2.35. The fraction of sp³-hybridized carbons (Fsp3) is 0.300. The van der Waals surface area contributed by atoms with E-state index in [-0.39, 0.29) is 5.91 Å². The molecule has 0 aliphatic heterocycles. The third kappa shape index (κ3) is 6.33. The van der Waals surface area contributed by atoms with Crippen LogP contribution in [0.2, 0.25) is 5.02 Å². The largest absolute Gasteiger partial charge is 0.333 e. The number of aromatic nitrogens is 1. The molecule has 0 N–H and O–H groups in total. The van der Waals surface area contributed by atoms with Gasteiger partial charge in [0, 0.05) is 43.1 Å². The average Bonchev–Trinajstić information content (AvgIpc) is 2.60. The van der Waals surface area contributed by atoms with Crippen molar-refractivity contribution in [2.24, 2.45) is 0 Å². The zero-order valence-corrected chi connectivity index (χ0v) is 15.7. The second kappa shape index (κ2) is 9.35. The second-order valence-electron chi connectivity index (χ2n) is 6.27. The molecule has 1 aromatic carbocycles. The Morgan fingerprint density at radius 2 is 2.04 bits per heavy atom. The van der Waals surface area contributed by atoms with Crippen LogP contribution < -0.4 is 0 Å². The van der Waals surface area contributed by atoms with E-state index in [1.807, 2.05) is 56.3 Å². The van der Waals surface area contributed by atoms with Crippen LogP contribution in [0.5, 0.6) is 0 Å². The van der Waals surface area contributed by atoms with Gasteiger partial charge in [-0.15, -0.1) is 0 Å². The molecule has 0 unspecified atom stereocenters. The fourth-order valence-corrected chi connectivity index (χ4v) is 2.47. The topological polar surface area (TPSA) is 36.4 Å². The van der Waals surface area contributed by atoms with Gasteiger partial charge < -0.3 is 9.80 Å². The van der Waals surface area contributed by atoms with Crippen molar-refractivity contribution in [1.29, 1.82) is 0 Å². The Labute approximate surface area is 154 Å². The normalized spacial score (nSPS) is 11.2. The van der Waals surface area contributed by atoms with Crippen molar-refractivity contribution in [2.45, 2.75) is 13.5 Å². The molecule has 0 aliphatic carbocycles. The Hall–Kier alpha value is -2.17. The van der Waals surface area contributed by atoms with Gasteiger partial charge in [-0.2, -0.15) is 0 Å². The van der Waals surface area contributed by atoms with Crippen LogP contribution in [0.1, 0.15) is 16.7 Å². The van der Waals surface area contributed by atoms with Crippen LogP contribution in [0, 0.1) is 6.92 Å². The maximum absolute atomic E-state index is 12.7. The van der Waals surface area contributed by atoms with Crippen molar-refractivity contribution in [1.82, 2.24) is 14.8 Å². The van der Waals surface area contributed by atoms with Crippen LogP contribution >= 0.6 is 11.6 Å². The van der Waals surface area contributed by atoms with E-state index in [4.69, 9.17) is 11.6 Å². The first kappa shape index (κ1) is 19.2. The van der Waals surface area contributed by atoms with E-state index in [0.717, 1.165) is 23.2 Å². The third-order valence-electron chi connectivity index (χ3n) is 3.84. The number of rotatable bonds is 7. The zero-order chi connectivity index (χ0) is 18.2. The van der Waals surface area contributed by atoms with Crippen molar-refractivity contribution in [3.05, 3.63) is 70.5 Å². The van der Waals surface area contributed by atoms with E-state index in [1.54, 1.807) is 24.5 Å². The predicted molar refractivity (Wildman–Crippen MR) is 103 cm³/mol. The fourth-order valence-electron chi connectivity index (χ4n) is 2.29. The van der Waals surface area contributed by atoms with Crippen LogP contribution in [-0.4, -0.2) is 47.9 Å². The van der Waals surface area contributed by atoms with Gasteiger partial charge in [0.25, 0.3) is 0 Å². The Balaban J connectivity index is 2.10. The van der Waals surface area contributed by atoms with Crippen molar-refractivity contribution in [3.8, 4) is 0 Å². The van der Waals surface area contributed by atoms with Crippen LogP contribution in [-0.2, 0) is 11.3 Å². The van der Waals surface area contributed by atoms with Gasteiger partial charge in [-0.05, 0) is 55.9 Å². The van der Waals surface area contributed by atoms with Crippen molar-refractivity contribution < 1.29 is 4.79 Å². The molecule has 132 valence electrons. The Morgan fingerprint density at radius 1 is 1.24 bits per heavy atom. The number of hydrogen-bond donors (Lipinski definition) is 0. The minimum Gasteiger partial charge on any atom is -0.333 e. The standard InChI is InChI=1S/C20H24ClN3O/c1-16-6-7-17(13-19(16)21)8-9-20(25)24(12-11-23(2)3)15-18-5-4-10-22-14-18/h4-10,13-14H,11-12,15H2,1-3H3. The minimum absolute atomic E-state index is 0.0256. The highest BCUT2D eigenvalue weighted by atomic mass is 35.5. The second-order valence-corrected chi connectivity index (χ2v) is 6.67. The number of likely N-dealkylation sites (N-methyl/N-ethyl adjacent to an activating group) is 1. The molecule has 0 saturated carbocycles. The van der Waals surface area contributed by atoms with Crippen molar-refractivity contribution in [2.75, 3.05) is 27.2 Å². The number of halogens is 1. The van der Waals surface area contributed by atoms with E-state index in [9.17, 15) is 4.79 Å². The SMILES string of the molecule is Cc1ccc(C=CC(=O)N(CCN(C)C)Cc2cccnc2)cc1Cl. The molecule has 0 spiro atoms. The quantitative estimate of drug-likeness (QED) is 0.710. The summed E-state index contributed by atoms with van der Waals surface area (Å²) < 4.78 is 0. The van der Waals surface area contributed by atoms with E-state index in [2.05, 4.69) is 9.88 Å². The monoisotopic (exact) mass is 357 g/mol. The number of benzene rings is 1. The van der Waals surface area contributed by atoms with Gasteiger partial charge in [-0.1, -0.05) is 29.8 Å². The van der Waals surface area contributed by atoms with Crippen LogP contribution in [0.25, 0.3) is 6.08 Å². The van der Waals surface area contributed by atoms with Gasteiger partial charge in [0.15, 0.2) is 0 Å². The van der Waals surface area contributed by atoms with Crippen LogP contribution in [0.15, 0.2) is 48.8 Å². The first-order valence-electron chi connectivity index (χ1n) is 8.22. The van der Waals surface area contributed by atoms with E-state index in [0.29, 0.717) is 18.1 Å². The third-order valence-corrected chi connectivity index (χ3v) is 4.25. The van der Waals surface area contributed by atoms with E-state index in [1.165, 1.54) is 0 Å². The number of aryl methyl sites for hydroxylation is 1. The molecule has 2 rings (SSSR count). The average molecular weight is 358 g/mol. The lowest BCUT2D eigenvalue weighted by Gasteiger charge is -2.23. The van der Waals surface area contributed by atoms with Crippen molar-refractivity contribution >= 4 is 23.6 Å². The Kier molecular flexibility index (Phi) is 7.16. The molecular formula is C20H24ClN3O. The lowest BCUT2D eigenvalue weighted by molar-refractivity contribution is -0.126. The number of nitrogens with zero attached hydrogens (tertiary/aromatic N) is 3. The summed E-state index contributed by atoms with van der Waals surface area (Å²) in [7, 11) is 3.99. The number of carbonyl (C=O) groups is 1. The molecule has 1 heterocycles. The van der Waals surface area contributed by atoms with Gasteiger partial charge in [-0.25, -0.2) is 0 Å². The molecule has 5 heteroatoms. The maximum atomic E-state index is 12.7. The van der Waals surface area contributed by atoms with Crippen molar-refractivity contribution in [3.63, 3.8) is 0 Å². The summed E-state index contributed by atoms with van der Waals surface area (Å²) in [5, 5.41) is 0.703. The molecule has 0 aliphatic rings. The van der Waals surface area contributed by atoms with E-state index >= 15 is 0 Å². The highest BCUT2D eigenvalue weighted by molar-refractivity contribution is 6.31. The number of carbonyl (C=O) groups excluding carboxylic acids is 1. The summed E-state index contributed by atoms with van der Waals surface area (Å²) >= 11 is 6.14. The van der Waals surface area contributed by atoms with Gasteiger partial charge in [0.2, 0.25) is 5.91 Å². The predicted octanol–water partition coefficient (Wildman–Crippen LogP) is 3.65. The lowest BCUT2D eigenvalue weighted by atomic mass is 10.1. The highest BCUT2D eigenvalue weighted by Gasteiger charge is 2.12. The zero-order valence-electron chi connectivity index (χ0n) is 14.9. The molecule has 2 aromatic rings. The van der Waals surface area contributed by atoms with Gasteiger partial charge >= 0.3 is 0 Å². The molecule has 1 aromatic heterocycles. The maximum Gasteiger partial charge on any atom is 0.246 e. The summed E-state index contributed by atoms with van der Waals surface area (Å²) in [6.45, 7) is 3.95. The Bertz CT molecular complexity index is 729. The molecule has 0 bridgehead atoms. The smallest absolute Gasteiger partial charge is 0.246 e. The minimum atomic E-state index is -0.0256. The number of amides is 1. The summed E-state index contributed by atoms with van der Waals surface area (Å²) in [4.78, 5) is 20.7. The molecule has 4 nitrogen and oxygen atoms in total. The molecular weight excluding hydrogens is 334 g/mol. The van der Waals surface area contributed by atoms with Crippen LogP contribution in [0.4, 0.5) is 0 Å². The molecule has 25 heavy (non-hydrogen) atoms. The van der Waals surface area contributed by atoms with Gasteiger partial charge in [0.1, 0.15) is 0 Å². The summed E-state index contributed by atoms with van der Waals surface area (Å²) in [6, 6.07) is 9.63. The molecule has 0 saturated heterocycles. The molecule has 1 amide bonds. The van der Waals surface area contributed by atoms with Crippen LogP contribution in [0.3, 0.4) is 0 Å². The number of pyridine rings is 1. The van der Waals surface area contributed by atoms with Gasteiger partial charge in [-0.3, -0.25) is 9.78 Å². The summed E-state index contributed by atoms with van der Waals surface area (Å²) in [5.74, 6) is -0.0256. The highest BCUT2D eigenvalue weighted by Crippen LogP contribution is 2.17. The molecule has 0 fully saturated rings. The molecule has 0 radical (unpaired) electrons. The number of hydrogen-bond acceptors (Lipinski definition) is 3. The Morgan fingerprint density at radius 3 is 2.68 bits per heavy atom. The molecule has 0 atom stereocenters. The first-order chi connectivity index (χ1) is 12.0. The first-order valence-corrected chi connectivity index (χ1v) is 8.60. The summed E-state index contributed by atoms with van der Waals surface area (Å²) in [6.07, 6.45) is 6.93. The summed E-state index contributed by atoms with van der Waals surface area (Å²) in [5.41, 5.74) is 2.95. The van der Waals surface area contributed by atoms with Gasteiger partial charge in [0.05, 0.1) is 0 Å².